The van der Waals surface area contributed by atoms with E-state index in [-0.39, 0.29) is 18.1 Å². The number of alkyl halides is 2. The van der Waals surface area contributed by atoms with Crippen LogP contribution in [0.2, 0.25) is 0 Å². The number of nitrogens with one attached hydrogen (secondary N) is 1. The summed E-state index contributed by atoms with van der Waals surface area (Å²) in [5.74, 6) is 0.273. The van der Waals surface area contributed by atoms with Gasteiger partial charge in [-0.1, -0.05) is 6.92 Å². The van der Waals surface area contributed by atoms with Gasteiger partial charge in [0.05, 0.1) is 12.2 Å². The van der Waals surface area contributed by atoms with Crippen LogP contribution in [-0.4, -0.2) is 32.0 Å². The van der Waals surface area contributed by atoms with E-state index in [0.29, 0.717) is 29.9 Å². The van der Waals surface area contributed by atoms with Crippen molar-refractivity contribution in [3.63, 3.8) is 0 Å². The smallest absolute Gasteiger partial charge is 0.387 e. The number of carbonyl (C=O) groups excluding carboxylic acids is 2. The SMILES string of the molecule is CCCOc1ccc(C=O)c(OCC(=O)Nc2ccc(OC(F)F)cc2)c1. The Morgan fingerprint density at radius 1 is 1.11 bits per heavy atom. The van der Waals surface area contributed by atoms with Gasteiger partial charge in [-0.05, 0) is 42.8 Å². The van der Waals surface area contributed by atoms with Crippen LogP contribution in [0.25, 0.3) is 0 Å². The summed E-state index contributed by atoms with van der Waals surface area (Å²) in [7, 11) is 0. The Hall–Kier alpha value is -3.16. The van der Waals surface area contributed by atoms with Gasteiger partial charge < -0.3 is 19.5 Å². The number of benzene rings is 2. The molecular weight excluding hydrogens is 360 g/mol. The molecule has 0 saturated carbocycles. The van der Waals surface area contributed by atoms with Gasteiger partial charge in [-0.2, -0.15) is 8.78 Å². The molecule has 1 N–H and O–H groups in total. The van der Waals surface area contributed by atoms with Crippen LogP contribution in [0.1, 0.15) is 23.7 Å². The molecule has 0 heterocycles. The molecule has 0 aliphatic rings. The van der Waals surface area contributed by atoms with Crippen LogP contribution in [0, 0.1) is 0 Å². The van der Waals surface area contributed by atoms with Crippen molar-refractivity contribution in [2.24, 2.45) is 0 Å². The Morgan fingerprint density at radius 3 is 2.44 bits per heavy atom. The van der Waals surface area contributed by atoms with Gasteiger partial charge in [0.1, 0.15) is 17.2 Å². The Bertz CT molecular complexity index is 765. The van der Waals surface area contributed by atoms with E-state index in [4.69, 9.17) is 9.47 Å². The van der Waals surface area contributed by atoms with Gasteiger partial charge in [-0.15, -0.1) is 0 Å². The minimum atomic E-state index is -2.91. The zero-order chi connectivity index (χ0) is 19.6. The summed E-state index contributed by atoms with van der Waals surface area (Å²) in [6.45, 7) is -0.768. The molecule has 6 nitrogen and oxygen atoms in total. The molecule has 0 atom stereocenters. The van der Waals surface area contributed by atoms with E-state index in [2.05, 4.69) is 10.1 Å². The molecular formula is C19H19F2NO5. The lowest BCUT2D eigenvalue weighted by Crippen LogP contribution is -2.20. The minimum Gasteiger partial charge on any atom is -0.493 e. The van der Waals surface area contributed by atoms with Crippen molar-refractivity contribution < 1.29 is 32.6 Å². The second-order valence-electron chi connectivity index (χ2n) is 5.41. The summed E-state index contributed by atoms with van der Waals surface area (Å²) >= 11 is 0. The lowest BCUT2D eigenvalue weighted by atomic mass is 10.2. The number of anilines is 1. The first-order valence-corrected chi connectivity index (χ1v) is 8.21. The summed E-state index contributed by atoms with van der Waals surface area (Å²) in [4.78, 5) is 23.1. The largest absolute Gasteiger partial charge is 0.493 e. The summed E-state index contributed by atoms with van der Waals surface area (Å²) < 4.78 is 39.3. The second-order valence-corrected chi connectivity index (χ2v) is 5.41. The molecule has 2 rings (SSSR count). The fourth-order valence-corrected chi connectivity index (χ4v) is 2.11. The monoisotopic (exact) mass is 379 g/mol. The van der Waals surface area contributed by atoms with Gasteiger partial charge in [0, 0.05) is 11.8 Å². The zero-order valence-corrected chi connectivity index (χ0v) is 14.6. The number of aldehydes is 1. The maximum absolute atomic E-state index is 12.1. The van der Waals surface area contributed by atoms with Gasteiger partial charge in [0.15, 0.2) is 12.9 Å². The third-order valence-corrected chi connectivity index (χ3v) is 3.31. The fourth-order valence-electron chi connectivity index (χ4n) is 2.11. The summed E-state index contributed by atoms with van der Waals surface area (Å²) in [6.07, 6.45) is 1.45. The van der Waals surface area contributed by atoms with Crippen LogP contribution < -0.4 is 19.5 Å². The van der Waals surface area contributed by atoms with Crippen LogP contribution in [0.15, 0.2) is 42.5 Å². The van der Waals surface area contributed by atoms with E-state index < -0.39 is 12.5 Å². The third kappa shape index (κ3) is 6.58. The molecule has 0 radical (unpaired) electrons. The fraction of sp³-hybridized carbons (Fsp3) is 0.263. The summed E-state index contributed by atoms with van der Waals surface area (Å²) in [6, 6.07) is 10.2. The van der Waals surface area contributed by atoms with Crippen LogP contribution in [0.3, 0.4) is 0 Å². The predicted molar refractivity (Wildman–Crippen MR) is 94.8 cm³/mol. The molecule has 8 heteroatoms. The number of amides is 1. The first-order valence-electron chi connectivity index (χ1n) is 8.21. The van der Waals surface area contributed by atoms with Crippen LogP contribution >= 0.6 is 0 Å². The molecule has 2 aromatic carbocycles. The Kier molecular flexibility index (Phi) is 7.54. The average molecular weight is 379 g/mol. The normalized spacial score (nSPS) is 10.4. The van der Waals surface area contributed by atoms with Crippen molar-refractivity contribution in [2.45, 2.75) is 20.0 Å². The average Bonchev–Trinajstić information content (AvgIpc) is 2.66. The maximum Gasteiger partial charge on any atom is 0.387 e. The van der Waals surface area contributed by atoms with Gasteiger partial charge in [0.2, 0.25) is 0 Å². The highest BCUT2D eigenvalue weighted by molar-refractivity contribution is 5.92. The van der Waals surface area contributed by atoms with E-state index in [1.54, 1.807) is 18.2 Å². The molecule has 1 amide bonds. The first-order chi connectivity index (χ1) is 13.0. The summed E-state index contributed by atoms with van der Waals surface area (Å²) in [5.41, 5.74) is 0.681. The second kappa shape index (κ2) is 10.1. The van der Waals surface area contributed by atoms with Crippen molar-refractivity contribution in [3.8, 4) is 17.2 Å². The number of hydrogen-bond acceptors (Lipinski definition) is 5. The van der Waals surface area contributed by atoms with Gasteiger partial charge in [-0.25, -0.2) is 0 Å². The topological polar surface area (TPSA) is 73.9 Å². The number of ether oxygens (including phenoxy) is 3. The molecule has 0 fully saturated rings. The van der Waals surface area contributed by atoms with Crippen molar-refractivity contribution in [3.05, 3.63) is 48.0 Å². The van der Waals surface area contributed by atoms with Crippen molar-refractivity contribution in [1.82, 2.24) is 0 Å². The van der Waals surface area contributed by atoms with Crippen LogP contribution in [0.5, 0.6) is 17.2 Å². The molecule has 0 spiro atoms. The minimum absolute atomic E-state index is 0.0150. The molecule has 144 valence electrons. The van der Waals surface area contributed by atoms with Gasteiger partial charge in [-0.3, -0.25) is 9.59 Å². The van der Waals surface area contributed by atoms with E-state index >= 15 is 0 Å². The van der Waals surface area contributed by atoms with Crippen molar-refractivity contribution in [1.29, 1.82) is 0 Å². The van der Waals surface area contributed by atoms with E-state index in [0.717, 1.165) is 6.42 Å². The molecule has 0 aliphatic heterocycles. The van der Waals surface area contributed by atoms with E-state index in [1.807, 2.05) is 6.92 Å². The molecule has 0 saturated heterocycles. The molecule has 0 aliphatic carbocycles. The van der Waals surface area contributed by atoms with Crippen molar-refractivity contribution >= 4 is 17.9 Å². The summed E-state index contributed by atoms with van der Waals surface area (Å²) in [5, 5.41) is 2.55. The quantitative estimate of drug-likeness (QED) is 0.634. The molecule has 2 aromatic rings. The predicted octanol–water partition coefficient (Wildman–Crippen LogP) is 3.91. The maximum atomic E-state index is 12.1. The lowest BCUT2D eigenvalue weighted by molar-refractivity contribution is -0.118. The van der Waals surface area contributed by atoms with Crippen LogP contribution in [0.4, 0.5) is 14.5 Å². The first kappa shape index (κ1) is 20.2. The number of halogens is 2. The molecule has 0 aromatic heterocycles. The van der Waals surface area contributed by atoms with E-state index in [9.17, 15) is 18.4 Å². The van der Waals surface area contributed by atoms with Gasteiger partial charge in [0.25, 0.3) is 5.91 Å². The Labute approximate surface area is 155 Å². The third-order valence-electron chi connectivity index (χ3n) is 3.31. The Morgan fingerprint density at radius 2 is 1.81 bits per heavy atom. The van der Waals surface area contributed by atoms with Crippen molar-refractivity contribution in [2.75, 3.05) is 18.5 Å². The van der Waals surface area contributed by atoms with E-state index in [1.165, 1.54) is 24.3 Å². The highest BCUT2D eigenvalue weighted by Gasteiger charge is 2.10. The number of rotatable bonds is 10. The van der Waals surface area contributed by atoms with Crippen LogP contribution in [-0.2, 0) is 4.79 Å². The standard InChI is InChI=1S/C19H19F2NO5/c1-2-9-25-16-6-3-13(11-23)17(10-16)26-12-18(24)22-14-4-7-15(8-5-14)27-19(20)21/h3-8,10-11,19H,2,9,12H2,1H3,(H,22,24). The number of hydrogen-bond donors (Lipinski definition) is 1. The lowest BCUT2D eigenvalue weighted by Gasteiger charge is -2.12. The van der Waals surface area contributed by atoms with Gasteiger partial charge >= 0.3 is 6.61 Å². The molecule has 0 bridgehead atoms. The zero-order valence-electron chi connectivity index (χ0n) is 14.6. The molecule has 27 heavy (non-hydrogen) atoms. The number of carbonyl (C=O) groups is 2. The highest BCUT2D eigenvalue weighted by Crippen LogP contribution is 2.24. The highest BCUT2D eigenvalue weighted by atomic mass is 19.3. The Balaban J connectivity index is 1.93. The molecule has 0 unspecified atom stereocenters.